The molecule has 1 N–H and O–H groups in total. The summed E-state index contributed by atoms with van der Waals surface area (Å²) in [6, 6.07) is 13.6. The third kappa shape index (κ3) is 4.30. The average Bonchev–Trinajstić information content (AvgIpc) is 2.42. The zero-order valence-corrected chi connectivity index (χ0v) is 10.4. The molecule has 0 bridgehead atoms. The smallest absolute Gasteiger partial charge is 0.130 e. The van der Waals surface area contributed by atoms with Gasteiger partial charge in [-0.25, -0.2) is 8.78 Å². The minimum Gasteiger partial charge on any atom is -0.309 e. The number of hydrogen-bond acceptors (Lipinski definition) is 1. The van der Waals surface area contributed by atoms with Crippen molar-refractivity contribution in [2.45, 2.75) is 6.54 Å². The molecule has 0 fully saturated rings. The van der Waals surface area contributed by atoms with Crippen molar-refractivity contribution >= 4 is 6.08 Å². The van der Waals surface area contributed by atoms with Crippen LogP contribution in [0.15, 0.2) is 54.6 Å². The van der Waals surface area contributed by atoms with E-state index in [4.69, 9.17) is 0 Å². The Morgan fingerprint density at radius 2 is 1.79 bits per heavy atom. The molecular formula is C16H15F2N. The molecule has 0 unspecified atom stereocenters. The fourth-order valence-corrected chi connectivity index (χ4v) is 1.71. The molecule has 0 aliphatic carbocycles. The first-order valence-corrected chi connectivity index (χ1v) is 6.12. The Labute approximate surface area is 111 Å². The van der Waals surface area contributed by atoms with Gasteiger partial charge in [-0.2, -0.15) is 0 Å². The lowest BCUT2D eigenvalue weighted by Crippen LogP contribution is -2.13. The standard InChI is InChI=1S/C16H15F2N/c17-15-9-8-14(16(18)11-15)12-19-10-4-7-13-5-2-1-3-6-13/h1-9,11,19H,10,12H2/b7-4+. The monoisotopic (exact) mass is 259 g/mol. The van der Waals surface area contributed by atoms with Gasteiger partial charge in [0.25, 0.3) is 0 Å². The van der Waals surface area contributed by atoms with Crippen LogP contribution in [0.25, 0.3) is 6.08 Å². The first-order chi connectivity index (χ1) is 9.25. The van der Waals surface area contributed by atoms with E-state index < -0.39 is 11.6 Å². The fraction of sp³-hybridized carbons (Fsp3) is 0.125. The highest BCUT2D eigenvalue weighted by Gasteiger charge is 2.02. The van der Waals surface area contributed by atoms with Crippen LogP contribution < -0.4 is 5.32 Å². The van der Waals surface area contributed by atoms with E-state index in [-0.39, 0.29) is 0 Å². The fourth-order valence-electron chi connectivity index (χ4n) is 1.71. The summed E-state index contributed by atoms with van der Waals surface area (Å²) in [5.74, 6) is -1.07. The van der Waals surface area contributed by atoms with E-state index in [9.17, 15) is 8.78 Å². The molecule has 0 heterocycles. The predicted molar refractivity (Wildman–Crippen MR) is 73.5 cm³/mol. The number of halogens is 2. The molecule has 0 saturated heterocycles. The van der Waals surface area contributed by atoms with Crippen molar-refractivity contribution in [2.75, 3.05) is 6.54 Å². The lowest BCUT2D eigenvalue weighted by atomic mass is 10.2. The maximum Gasteiger partial charge on any atom is 0.130 e. The Morgan fingerprint density at radius 3 is 2.53 bits per heavy atom. The molecule has 98 valence electrons. The zero-order valence-electron chi connectivity index (χ0n) is 10.4. The van der Waals surface area contributed by atoms with Crippen LogP contribution in [0.3, 0.4) is 0 Å². The van der Waals surface area contributed by atoms with Gasteiger partial charge in [0.05, 0.1) is 0 Å². The van der Waals surface area contributed by atoms with Crippen molar-refractivity contribution in [3.05, 3.63) is 77.4 Å². The summed E-state index contributed by atoms with van der Waals surface area (Å²) in [6.07, 6.45) is 3.96. The maximum absolute atomic E-state index is 13.3. The Hall–Kier alpha value is -2.00. The SMILES string of the molecule is Fc1ccc(CNC/C=C/c2ccccc2)c(F)c1. The van der Waals surface area contributed by atoms with Gasteiger partial charge in [-0.05, 0) is 11.6 Å². The van der Waals surface area contributed by atoms with Gasteiger partial charge in [-0.1, -0.05) is 48.6 Å². The highest BCUT2D eigenvalue weighted by molar-refractivity contribution is 5.48. The lowest BCUT2D eigenvalue weighted by Gasteiger charge is -2.03. The minimum atomic E-state index is -0.551. The molecule has 0 aromatic heterocycles. The van der Waals surface area contributed by atoms with Crippen LogP contribution in [0, 0.1) is 11.6 Å². The second-order valence-corrected chi connectivity index (χ2v) is 4.18. The van der Waals surface area contributed by atoms with Crippen LogP contribution in [-0.4, -0.2) is 6.54 Å². The predicted octanol–water partition coefficient (Wildman–Crippen LogP) is 3.77. The van der Waals surface area contributed by atoms with E-state index >= 15 is 0 Å². The van der Waals surface area contributed by atoms with Gasteiger partial charge < -0.3 is 5.32 Å². The second kappa shape index (κ2) is 6.81. The summed E-state index contributed by atoms with van der Waals surface area (Å²) < 4.78 is 26.0. The highest BCUT2D eigenvalue weighted by Crippen LogP contribution is 2.08. The van der Waals surface area contributed by atoms with Gasteiger partial charge in [-0.3, -0.25) is 0 Å². The molecule has 0 saturated carbocycles. The molecule has 19 heavy (non-hydrogen) atoms. The zero-order chi connectivity index (χ0) is 13.5. The van der Waals surface area contributed by atoms with Crippen molar-refractivity contribution in [2.24, 2.45) is 0 Å². The molecule has 2 rings (SSSR count). The minimum absolute atomic E-state index is 0.380. The number of nitrogens with one attached hydrogen (secondary N) is 1. The lowest BCUT2D eigenvalue weighted by molar-refractivity contribution is 0.565. The van der Waals surface area contributed by atoms with E-state index in [1.165, 1.54) is 12.1 Å². The van der Waals surface area contributed by atoms with E-state index in [0.29, 0.717) is 18.7 Å². The van der Waals surface area contributed by atoms with Gasteiger partial charge in [0.2, 0.25) is 0 Å². The largest absolute Gasteiger partial charge is 0.309 e. The first-order valence-electron chi connectivity index (χ1n) is 6.12. The first kappa shape index (κ1) is 13.4. The van der Waals surface area contributed by atoms with Crippen LogP contribution >= 0.6 is 0 Å². The molecule has 2 aromatic rings. The Morgan fingerprint density at radius 1 is 1.00 bits per heavy atom. The summed E-state index contributed by atoms with van der Waals surface area (Å²) in [6.45, 7) is 1.01. The van der Waals surface area contributed by atoms with Gasteiger partial charge in [0, 0.05) is 24.7 Å². The topological polar surface area (TPSA) is 12.0 Å². The molecule has 0 aliphatic heterocycles. The molecule has 0 atom stereocenters. The van der Waals surface area contributed by atoms with Gasteiger partial charge in [0.15, 0.2) is 0 Å². The van der Waals surface area contributed by atoms with E-state index in [1.807, 2.05) is 42.5 Å². The van der Waals surface area contributed by atoms with E-state index in [0.717, 1.165) is 11.6 Å². The molecule has 0 amide bonds. The summed E-state index contributed by atoms with van der Waals surface area (Å²) in [4.78, 5) is 0. The summed E-state index contributed by atoms with van der Waals surface area (Å²) in [7, 11) is 0. The quantitative estimate of drug-likeness (QED) is 0.806. The van der Waals surface area contributed by atoms with E-state index in [1.54, 1.807) is 0 Å². The van der Waals surface area contributed by atoms with Crippen LogP contribution in [0.4, 0.5) is 8.78 Å². The van der Waals surface area contributed by atoms with Crippen molar-refractivity contribution in [3.63, 3.8) is 0 Å². The van der Waals surface area contributed by atoms with Gasteiger partial charge in [-0.15, -0.1) is 0 Å². The maximum atomic E-state index is 13.3. The Bertz CT molecular complexity index is 550. The van der Waals surface area contributed by atoms with Crippen LogP contribution in [0.1, 0.15) is 11.1 Å². The number of rotatable bonds is 5. The van der Waals surface area contributed by atoms with Crippen molar-refractivity contribution in [3.8, 4) is 0 Å². The van der Waals surface area contributed by atoms with Crippen LogP contribution in [0.2, 0.25) is 0 Å². The molecule has 2 aromatic carbocycles. The second-order valence-electron chi connectivity index (χ2n) is 4.18. The van der Waals surface area contributed by atoms with E-state index in [2.05, 4.69) is 5.32 Å². The summed E-state index contributed by atoms with van der Waals surface area (Å²) in [5.41, 5.74) is 1.59. The molecule has 0 aliphatic rings. The number of hydrogen-bond donors (Lipinski definition) is 1. The third-order valence-electron chi connectivity index (χ3n) is 2.70. The highest BCUT2D eigenvalue weighted by atomic mass is 19.1. The molecule has 3 heteroatoms. The molecule has 1 nitrogen and oxygen atoms in total. The normalized spacial score (nSPS) is 11.1. The van der Waals surface area contributed by atoms with Gasteiger partial charge in [0.1, 0.15) is 11.6 Å². The Balaban J connectivity index is 1.79. The van der Waals surface area contributed by atoms with Crippen LogP contribution in [-0.2, 0) is 6.54 Å². The average molecular weight is 259 g/mol. The van der Waals surface area contributed by atoms with Crippen molar-refractivity contribution < 1.29 is 8.78 Å². The van der Waals surface area contributed by atoms with Crippen LogP contribution in [0.5, 0.6) is 0 Å². The molecular weight excluding hydrogens is 244 g/mol. The summed E-state index contributed by atoms with van der Waals surface area (Å²) >= 11 is 0. The molecule has 0 radical (unpaired) electrons. The third-order valence-corrected chi connectivity index (χ3v) is 2.70. The molecule has 0 spiro atoms. The van der Waals surface area contributed by atoms with Crippen molar-refractivity contribution in [1.29, 1.82) is 0 Å². The van der Waals surface area contributed by atoms with Crippen molar-refractivity contribution in [1.82, 2.24) is 5.32 Å². The number of benzene rings is 2. The van der Waals surface area contributed by atoms with Gasteiger partial charge >= 0.3 is 0 Å². The summed E-state index contributed by atoms with van der Waals surface area (Å²) in [5, 5.41) is 3.08. The Kier molecular flexibility index (Phi) is 4.81.